The van der Waals surface area contributed by atoms with Crippen LogP contribution >= 0.6 is 11.6 Å². The van der Waals surface area contributed by atoms with E-state index in [2.05, 4.69) is 0 Å². The fraction of sp³-hybridized carbons (Fsp3) is 0.188. The molecule has 0 aliphatic carbocycles. The van der Waals surface area contributed by atoms with Crippen LogP contribution in [0.3, 0.4) is 0 Å². The standard InChI is InChI=1S/C16H15ClO3/c1-10-5-3-6-11(2)13(10)9-20-15-12(16(18)19)7-4-8-14(15)17/h3-8H,9H2,1-2H3,(H,18,19). The minimum Gasteiger partial charge on any atom is -0.486 e. The van der Waals surface area contributed by atoms with Crippen molar-refractivity contribution in [3.05, 3.63) is 63.7 Å². The molecular weight excluding hydrogens is 276 g/mol. The smallest absolute Gasteiger partial charge is 0.339 e. The molecule has 1 N–H and O–H groups in total. The van der Waals surface area contributed by atoms with Crippen molar-refractivity contribution in [1.29, 1.82) is 0 Å². The molecule has 0 atom stereocenters. The Morgan fingerprint density at radius 3 is 2.35 bits per heavy atom. The largest absolute Gasteiger partial charge is 0.486 e. The molecule has 0 saturated carbocycles. The molecule has 0 saturated heterocycles. The number of carboxylic acids is 1. The molecule has 0 amide bonds. The molecule has 0 aliphatic heterocycles. The zero-order valence-corrected chi connectivity index (χ0v) is 12.1. The number of aryl methyl sites for hydroxylation is 2. The summed E-state index contributed by atoms with van der Waals surface area (Å²) < 4.78 is 5.66. The number of halogens is 1. The average Bonchev–Trinajstić information content (AvgIpc) is 2.39. The van der Waals surface area contributed by atoms with Crippen LogP contribution < -0.4 is 4.74 Å². The van der Waals surface area contributed by atoms with E-state index in [0.29, 0.717) is 11.6 Å². The summed E-state index contributed by atoms with van der Waals surface area (Å²) in [7, 11) is 0. The van der Waals surface area contributed by atoms with Gasteiger partial charge in [-0.3, -0.25) is 0 Å². The van der Waals surface area contributed by atoms with Gasteiger partial charge in [-0.05, 0) is 42.7 Å². The van der Waals surface area contributed by atoms with Crippen molar-refractivity contribution in [2.75, 3.05) is 0 Å². The Bertz CT molecular complexity index is 630. The Kier molecular flexibility index (Phi) is 4.30. The van der Waals surface area contributed by atoms with Crippen molar-refractivity contribution >= 4 is 17.6 Å². The predicted molar refractivity (Wildman–Crippen MR) is 78.7 cm³/mol. The number of aromatic carboxylic acids is 1. The van der Waals surface area contributed by atoms with E-state index in [0.717, 1.165) is 16.7 Å². The topological polar surface area (TPSA) is 46.5 Å². The van der Waals surface area contributed by atoms with E-state index in [9.17, 15) is 4.79 Å². The quantitative estimate of drug-likeness (QED) is 0.916. The number of hydrogen-bond acceptors (Lipinski definition) is 2. The third kappa shape index (κ3) is 2.94. The maximum absolute atomic E-state index is 11.2. The summed E-state index contributed by atoms with van der Waals surface area (Å²) in [5.74, 6) is -0.840. The van der Waals surface area contributed by atoms with Gasteiger partial charge in [0.15, 0.2) is 5.75 Å². The fourth-order valence-corrected chi connectivity index (χ4v) is 2.27. The number of para-hydroxylation sites is 1. The lowest BCUT2D eigenvalue weighted by atomic mass is 10.0. The second-order valence-electron chi connectivity index (χ2n) is 4.58. The van der Waals surface area contributed by atoms with E-state index in [1.54, 1.807) is 12.1 Å². The lowest BCUT2D eigenvalue weighted by molar-refractivity contribution is 0.0692. The number of carbonyl (C=O) groups is 1. The van der Waals surface area contributed by atoms with Gasteiger partial charge in [0, 0.05) is 0 Å². The van der Waals surface area contributed by atoms with Crippen LogP contribution in [-0.2, 0) is 6.61 Å². The van der Waals surface area contributed by atoms with Gasteiger partial charge in [-0.2, -0.15) is 0 Å². The Labute approximate surface area is 122 Å². The molecule has 104 valence electrons. The zero-order chi connectivity index (χ0) is 14.7. The molecule has 0 unspecified atom stereocenters. The zero-order valence-electron chi connectivity index (χ0n) is 11.3. The first kappa shape index (κ1) is 14.4. The summed E-state index contributed by atoms with van der Waals surface area (Å²) in [6.07, 6.45) is 0. The van der Waals surface area contributed by atoms with Crippen molar-refractivity contribution < 1.29 is 14.6 Å². The Hall–Kier alpha value is -2.00. The van der Waals surface area contributed by atoms with E-state index >= 15 is 0 Å². The van der Waals surface area contributed by atoms with Gasteiger partial charge < -0.3 is 9.84 Å². The summed E-state index contributed by atoms with van der Waals surface area (Å²) in [5, 5.41) is 9.46. The maximum atomic E-state index is 11.2. The highest BCUT2D eigenvalue weighted by atomic mass is 35.5. The van der Waals surface area contributed by atoms with Crippen molar-refractivity contribution in [3.8, 4) is 5.75 Å². The first-order chi connectivity index (χ1) is 9.50. The SMILES string of the molecule is Cc1cccc(C)c1COc1c(Cl)cccc1C(=O)O. The van der Waals surface area contributed by atoms with Crippen LogP contribution in [0.1, 0.15) is 27.0 Å². The molecule has 20 heavy (non-hydrogen) atoms. The summed E-state index contributed by atoms with van der Waals surface area (Å²) in [4.78, 5) is 11.2. The van der Waals surface area contributed by atoms with Gasteiger partial charge in [-0.15, -0.1) is 0 Å². The second-order valence-corrected chi connectivity index (χ2v) is 4.99. The number of benzene rings is 2. The van der Waals surface area contributed by atoms with Gasteiger partial charge in [0.25, 0.3) is 0 Å². The summed E-state index contributed by atoms with van der Waals surface area (Å²) in [6.45, 7) is 4.29. The molecule has 2 rings (SSSR count). The average molecular weight is 291 g/mol. The molecule has 0 bridgehead atoms. The lowest BCUT2D eigenvalue weighted by Crippen LogP contribution is -2.05. The number of ether oxygens (including phenoxy) is 1. The number of carboxylic acid groups (broad SMARTS) is 1. The fourth-order valence-electron chi connectivity index (χ4n) is 2.04. The van der Waals surface area contributed by atoms with Gasteiger partial charge in [0.2, 0.25) is 0 Å². The third-order valence-corrected chi connectivity index (χ3v) is 3.50. The molecule has 2 aromatic carbocycles. The van der Waals surface area contributed by atoms with E-state index in [1.165, 1.54) is 6.07 Å². The van der Waals surface area contributed by atoms with Gasteiger partial charge >= 0.3 is 5.97 Å². The highest BCUT2D eigenvalue weighted by molar-refractivity contribution is 6.32. The van der Waals surface area contributed by atoms with E-state index in [-0.39, 0.29) is 11.3 Å². The molecular formula is C16H15ClO3. The summed E-state index contributed by atoms with van der Waals surface area (Å²) in [6, 6.07) is 10.7. The molecule has 0 heterocycles. The molecule has 0 aromatic heterocycles. The van der Waals surface area contributed by atoms with E-state index in [4.69, 9.17) is 21.4 Å². The first-order valence-corrected chi connectivity index (χ1v) is 6.58. The minimum absolute atomic E-state index is 0.0729. The number of hydrogen-bond donors (Lipinski definition) is 1. The van der Waals surface area contributed by atoms with Crippen molar-refractivity contribution in [1.82, 2.24) is 0 Å². The van der Waals surface area contributed by atoms with Gasteiger partial charge in [-0.25, -0.2) is 4.79 Å². The Balaban J connectivity index is 2.30. The van der Waals surface area contributed by atoms with Crippen molar-refractivity contribution in [2.24, 2.45) is 0 Å². The maximum Gasteiger partial charge on any atom is 0.339 e. The van der Waals surface area contributed by atoms with E-state index in [1.807, 2.05) is 32.0 Å². The molecule has 3 nitrogen and oxygen atoms in total. The van der Waals surface area contributed by atoms with Crippen molar-refractivity contribution in [2.45, 2.75) is 20.5 Å². The molecule has 0 aliphatic rings. The van der Waals surface area contributed by atoms with E-state index < -0.39 is 5.97 Å². The van der Waals surface area contributed by atoms with Gasteiger partial charge in [0.1, 0.15) is 12.2 Å². The molecule has 0 spiro atoms. The predicted octanol–water partition coefficient (Wildman–Crippen LogP) is 4.23. The monoisotopic (exact) mass is 290 g/mol. The van der Waals surface area contributed by atoms with Crippen LogP contribution in [-0.4, -0.2) is 11.1 Å². The third-order valence-electron chi connectivity index (χ3n) is 3.20. The molecule has 0 fully saturated rings. The second kappa shape index (κ2) is 5.97. The van der Waals surface area contributed by atoms with Gasteiger partial charge in [0.05, 0.1) is 5.02 Å². The van der Waals surface area contributed by atoms with Crippen LogP contribution in [0.2, 0.25) is 5.02 Å². The molecule has 0 radical (unpaired) electrons. The Morgan fingerprint density at radius 1 is 1.15 bits per heavy atom. The highest BCUT2D eigenvalue weighted by Crippen LogP contribution is 2.30. The van der Waals surface area contributed by atoms with Crippen LogP contribution in [0, 0.1) is 13.8 Å². The lowest BCUT2D eigenvalue weighted by Gasteiger charge is -2.14. The van der Waals surface area contributed by atoms with Crippen LogP contribution in [0.5, 0.6) is 5.75 Å². The minimum atomic E-state index is -1.05. The van der Waals surface area contributed by atoms with Crippen LogP contribution in [0.25, 0.3) is 0 Å². The molecule has 4 heteroatoms. The van der Waals surface area contributed by atoms with Crippen molar-refractivity contribution in [3.63, 3.8) is 0 Å². The normalized spacial score (nSPS) is 10.3. The Morgan fingerprint density at radius 2 is 1.75 bits per heavy atom. The van der Waals surface area contributed by atoms with Crippen LogP contribution in [0.15, 0.2) is 36.4 Å². The summed E-state index contributed by atoms with van der Waals surface area (Å²) in [5.41, 5.74) is 3.33. The van der Waals surface area contributed by atoms with Crippen LogP contribution in [0.4, 0.5) is 0 Å². The molecule has 2 aromatic rings. The number of rotatable bonds is 4. The summed E-state index contributed by atoms with van der Waals surface area (Å²) >= 11 is 6.03. The highest BCUT2D eigenvalue weighted by Gasteiger charge is 2.15. The first-order valence-electron chi connectivity index (χ1n) is 6.20. The van der Waals surface area contributed by atoms with Gasteiger partial charge in [-0.1, -0.05) is 35.9 Å².